The fourth-order valence-corrected chi connectivity index (χ4v) is 3.73. The number of hydrogen-bond acceptors (Lipinski definition) is 4. The van der Waals surface area contributed by atoms with Gasteiger partial charge in [0.1, 0.15) is 6.04 Å². The van der Waals surface area contributed by atoms with Crippen molar-refractivity contribution in [2.45, 2.75) is 24.8 Å². The molecule has 0 aliphatic rings. The smallest absolute Gasteiger partial charge is 0.329 e. The molecule has 2 N–H and O–H groups in total. The van der Waals surface area contributed by atoms with Crippen molar-refractivity contribution in [1.29, 1.82) is 0 Å². The number of aromatic amines is 1. The lowest BCUT2D eigenvalue weighted by molar-refractivity contribution is -0.135. The van der Waals surface area contributed by atoms with E-state index in [-0.39, 0.29) is 4.90 Å². The minimum Gasteiger partial charge on any atom is -0.423 e. The zero-order valence-electron chi connectivity index (χ0n) is 15.0. The highest BCUT2D eigenvalue weighted by atomic mass is 32.2. The molecule has 1 heterocycles. The van der Waals surface area contributed by atoms with Gasteiger partial charge in [0, 0.05) is 11.8 Å². The maximum absolute atomic E-state index is 12.4. The van der Waals surface area contributed by atoms with E-state index >= 15 is 0 Å². The van der Waals surface area contributed by atoms with Gasteiger partial charge in [0.05, 0.1) is 10.6 Å². The van der Waals surface area contributed by atoms with E-state index in [1.807, 2.05) is 37.3 Å². The average Bonchev–Trinajstić information content (AvgIpc) is 3.10. The number of aryl methyl sites for hydroxylation is 1. The summed E-state index contributed by atoms with van der Waals surface area (Å²) in [5.74, 6) is -0.352. The Kier molecular flexibility index (Phi) is 5.43. The summed E-state index contributed by atoms with van der Waals surface area (Å²) in [5, 5.41) is 0. The molecule has 1 atom stereocenters. The molecular formula is C20H20N2O4S. The number of rotatable bonds is 6. The van der Waals surface area contributed by atoms with Gasteiger partial charge in [-0.3, -0.25) is 0 Å². The van der Waals surface area contributed by atoms with Crippen LogP contribution in [0.3, 0.4) is 0 Å². The first-order valence-electron chi connectivity index (χ1n) is 8.40. The minimum absolute atomic E-state index is 0.0966. The number of nitrogens with one attached hydrogen (secondary N) is 2. The predicted octanol–water partition coefficient (Wildman–Crippen LogP) is 3.26. The minimum atomic E-state index is -3.82. The number of esters is 1. The van der Waals surface area contributed by atoms with Crippen molar-refractivity contribution in [1.82, 2.24) is 9.71 Å². The van der Waals surface area contributed by atoms with E-state index in [2.05, 4.69) is 9.71 Å². The highest BCUT2D eigenvalue weighted by Gasteiger charge is 2.24. The van der Waals surface area contributed by atoms with Gasteiger partial charge in [-0.1, -0.05) is 48.0 Å². The van der Waals surface area contributed by atoms with Crippen LogP contribution < -0.4 is 9.46 Å². The van der Waals surface area contributed by atoms with E-state index < -0.39 is 22.0 Å². The highest BCUT2D eigenvalue weighted by Crippen LogP contribution is 2.28. The van der Waals surface area contributed by atoms with E-state index in [9.17, 15) is 13.2 Å². The van der Waals surface area contributed by atoms with Gasteiger partial charge >= 0.3 is 5.97 Å². The molecule has 0 amide bonds. The third-order valence-corrected chi connectivity index (χ3v) is 5.56. The standard InChI is InChI=1S/C20H20N2O4S/c1-14-8-10-17(11-9-14)27(24,25)22-15(2)20(23)26-18-12-13-21-19(18)16-6-4-3-5-7-16/h3-13,15,21-22H,1-2H3/t15-/m0/s1. The monoisotopic (exact) mass is 384 g/mol. The summed E-state index contributed by atoms with van der Waals surface area (Å²) < 4.78 is 32.6. The van der Waals surface area contributed by atoms with Crippen molar-refractivity contribution in [2.24, 2.45) is 0 Å². The van der Waals surface area contributed by atoms with E-state index in [0.29, 0.717) is 11.4 Å². The van der Waals surface area contributed by atoms with Crippen LogP contribution in [-0.2, 0) is 14.8 Å². The SMILES string of the molecule is Cc1ccc(S(=O)(=O)N[C@@H](C)C(=O)Oc2cc[nH]c2-c2ccccc2)cc1. The molecular weight excluding hydrogens is 364 g/mol. The summed E-state index contributed by atoms with van der Waals surface area (Å²) in [7, 11) is -3.82. The molecule has 2 aromatic carbocycles. The second kappa shape index (κ2) is 7.77. The molecule has 0 saturated carbocycles. The molecule has 6 nitrogen and oxygen atoms in total. The van der Waals surface area contributed by atoms with Gasteiger partial charge in [-0.05, 0) is 32.0 Å². The van der Waals surface area contributed by atoms with Gasteiger partial charge in [0.2, 0.25) is 10.0 Å². The average molecular weight is 384 g/mol. The molecule has 0 fully saturated rings. The Hall–Kier alpha value is -2.90. The number of hydrogen-bond donors (Lipinski definition) is 2. The largest absolute Gasteiger partial charge is 0.423 e. The number of carbonyl (C=O) groups is 1. The van der Waals surface area contributed by atoms with Gasteiger partial charge < -0.3 is 9.72 Å². The Morgan fingerprint density at radius 2 is 1.70 bits per heavy atom. The highest BCUT2D eigenvalue weighted by molar-refractivity contribution is 7.89. The lowest BCUT2D eigenvalue weighted by Gasteiger charge is -2.14. The van der Waals surface area contributed by atoms with Crippen LogP contribution in [-0.4, -0.2) is 25.4 Å². The summed E-state index contributed by atoms with van der Waals surface area (Å²) in [6.07, 6.45) is 1.66. The number of H-pyrrole nitrogens is 1. The van der Waals surface area contributed by atoms with Crippen molar-refractivity contribution in [3.05, 3.63) is 72.4 Å². The lowest BCUT2D eigenvalue weighted by Crippen LogP contribution is -2.40. The van der Waals surface area contributed by atoms with E-state index in [1.54, 1.807) is 24.4 Å². The first-order chi connectivity index (χ1) is 12.9. The number of sulfonamides is 1. The van der Waals surface area contributed by atoms with E-state index in [4.69, 9.17) is 4.74 Å². The fourth-order valence-electron chi connectivity index (χ4n) is 2.53. The molecule has 1 aromatic heterocycles. The Balaban J connectivity index is 1.72. The van der Waals surface area contributed by atoms with Crippen LogP contribution in [0, 0.1) is 6.92 Å². The summed E-state index contributed by atoms with van der Waals surface area (Å²) in [4.78, 5) is 15.5. The molecule has 0 unspecified atom stereocenters. The molecule has 140 valence electrons. The van der Waals surface area contributed by atoms with Gasteiger partial charge in [-0.2, -0.15) is 4.72 Å². The third kappa shape index (κ3) is 4.45. The molecule has 0 aliphatic carbocycles. The predicted molar refractivity (Wildman–Crippen MR) is 103 cm³/mol. The van der Waals surface area contributed by atoms with Gasteiger partial charge in [-0.25, -0.2) is 13.2 Å². The van der Waals surface area contributed by atoms with Crippen LogP contribution in [0.1, 0.15) is 12.5 Å². The van der Waals surface area contributed by atoms with Crippen molar-refractivity contribution in [2.75, 3.05) is 0 Å². The Morgan fingerprint density at radius 1 is 1.04 bits per heavy atom. The number of aromatic nitrogens is 1. The molecule has 3 aromatic rings. The summed E-state index contributed by atoms with van der Waals surface area (Å²) in [6, 6.07) is 16.4. The first kappa shape index (κ1) is 18.9. The summed E-state index contributed by atoms with van der Waals surface area (Å²) in [6.45, 7) is 3.31. The van der Waals surface area contributed by atoms with E-state index in [1.165, 1.54) is 19.1 Å². The van der Waals surface area contributed by atoms with E-state index in [0.717, 1.165) is 11.1 Å². The van der Waals surface area contributed by atoms with Gasteiger partial charge in [0.15, 0.2) is 5.75 Å². The zero-order chi connectivity index (χ0) is 19.4. The van der Waals surface area contributed by atoms with Crippen LogP contribution in [0.2, 0.25) is 0 Å². The van der Waals surface area contributed by atoms with Crippen LogP contribution in [0.5, 0.6) is 5.75 Å². The third-order valence-electron chi connectivity index (χ3n) is 4.00. The van der Waals surface area contributed by atoms with Gasteiger partial charge in [-0.15, -0.1) is 0 Å². The first-order valence-corrected chi connectivity index (χ1v) is 9.88. The second-order valence-corrected chi connectivity index (χ2v) is 7.87. The Labute approximate surface area is 158 Å². The number of benzene rings is 2. The zero-order valence-corrected chi connectivity index (χ0v) is 15.8. The van der Waals surface area contributed by atoms with Crippen LogP contribution in [0.25, 0.3) is 11.3 Å². The fraction of sp³-hybridized carbons (Fsp3) is 0.150. The van der Waals surface area contributed by atoms with Gasteiger partial charge in [0.25, 0.3) is 0 Å². The Morgan fingerprint density at radius 3 is 2.37 bits per heavy atom. The van der Waals surface area contributed by atoms with Crippen LogP contribution in [0.15, 0.2) is 71.8 Å². The summed E-state index contributed by atoms with van der Waals surface area (Å²) >= 11 is 0. The molecule has 0 bridgehead atoms. The second-order valence-electron chi connectivity index (χ2n) is 6.16. The summed E-state index contributed by atoms with van der Waals surface area (Å²) in [5.41, 5.74) is 2.46. The normalized spacial score (nSPS) is 12.5. The van der Waals surface area contributed by atoms with Crippen LogP contribution in [0.4, 0.5) is 0 Å². The van der Waals surface area contributed by atoms with Crippen molar-refractivity contribution in [3.8, 4) is 17.0 Å². The molecule has 3 rings (SSSR count). The molecule has 0 spiro atoms. The maximum Gasteiger partial charge on any atom is 0.329 e. The molecule has 27 heavy (non-hydrogen) atoms. The molecule has 0 radical (unpaired) electrons. The number of carbonyl (C=O) groups excluding carboxylic acids is 1. The number of ether oxygens (including phenoxy) is 1. The molecule has 0 aliphatic heterocycles. The maximum atomic E-state index is 12.4. The topological polar surface area (TPSA) is 88.3 Å². The van der Waals surface area contributed by atoms with Crippen LogP contribution >= 0.6 is 0 Å². The van der Waals surface area contributed by atoms with Crippen molar-refractivity contribution in [3.63, 3.8) is 0 Å². The van der Waals surface area contributed by atoms with Crippen molar-refractivity contribution < 1.29 is 17.9 Å². The quantitative estimate of drug-likeness (QED) is 0.639. The lowest BCUT2D eigenvalue weighted by atomic mass is 10.1. The molecule has 7 heteroatoms. The molecule has 0 saturated heterocycles. The Bertz CT molecular complexity index is 1030. The van der Waals surface area contributed by atoms with Crippen molar-refractivity contribution >= 4 is 16.0 Å².